The number of aryl methyl sites for hydroxylation is 1. The predicted molar refractivity (Wildman–Crippen MR) is 94.1 cm³/mol. The Hall–Kier alpha value is -2.63. The number of carbonyl (C=O) groups is 2. The molecule has 1 aliphatic rings. The van der Waals surface area contributed by atoms with E-state index in [4.69, 9.17) is 4.52 Å². The summed E-state index contributed by atoms with van der Waals surface area (Å²) in [5.74, 6) is 0.957. The van der Waals surface area contributed by atoms with Gasteiger partial charge in [0.15, 0.2) is 5.82 Å². The zero-order valence-electron chi connectivity index (χ0n) is 14.6. The third-order valence-corrected chi connectivity index (χ3v) is 4.60. The van der Waals surface area contributed by atoms with Crippen LogP contribution in [-0.2, 0) is 9.59 Å². The van der Waals surface area contributed by atoms with Crippen molar-refractivity contribution in [3.8, 4) is 0 Å². The van der Waals surface area contributed by atoms with Gasteiger partial charge in [-0.3, -0.25) is 9.59 Å². The first-order valence-electron chi connectivity index (χ1n) is 8.63. The van der Waals surface area contributed by atoms with Crippen molar-refractivity contribution < 1.29 is 14.1 Å². The molecule has 1 N–H and O–H groups in total. The molecule has 1 aromatic heterocycles. The molecular weight excluding hydrogens is 318 g/mol. The Balaban J connectivity index is 1.62. The van der Waals surface area contributed by atoms with Gasteiger partial charge in [-0.05, 0) is 31.2 Å². The molecule has 1 saturated heterocycles. The van der Waals surface area contributed by atoms with Crippen LogP contribution in [0.2, 0.25) is 0 Å². The maximum atomic E-state index is 12.7. The largest absolute Gasteiger partial charge is 0.360 e. The Labute approximate surface area is 147 Å². The summed E-state index contributed by atoms with van der Waals surface area (Å²) in [5.41, 5.74) is 1.13. The summed E-state index contributed by atoms with van der Waals surface area (Å²) in [6.45, 7) is 4.42. The molecule has 2 atom stereocenters. The van der Waals surface area contributed by atoms with E-state index in [1.807, 2.05) is 37.3 Å². The molecule has 3 rings (SSSR count). The lowest BCUT2D eigenvalue weighted by atomic mass is 9.97. The van der Waals surface area contributed by atoms with E-state index in [-0.39, 0.29) is 17.7 Å². The molecule has 2 amide bonds. The molecule has 0 spiro atoms. The molecule has 1 aromatic carbocycles. The van der Waals surface area contributed by atoms with Crippen LogP contribution < -0.4 is 5.32 Å². The second kappa shape index (κ2) is 7.51. The summed E-state index contributed by atoms with van der Waals surface area (Å²) in [6, 6.07) is 11.2. The van der Waals surface area contributed by atoms with Crippen molar-refractivity contribution >= 4 is 17.6 Å². The van der Waals surface area contributed by atoms with E-state index >= 15 is 0 Å². The molecule has 6 heteroatoms. The highest BCUT2D eigenvalue weighted by molar-refractivity contribution is 5.97. The maximum absolute atomic E-state index is 12.7. The molecule has 2 unspecified atom stereocenters. The fourth-order valence-electron chi connectivity index (χ4n) is 3.25. The lowest BCUT2D eigenvalue weighted by Crippen LogP contribution is -2.43. The third-order valence-electron chi connectivity index (χ3n) is 4.60. The quantitative estimate of drug-likeness (QED) is 0.907. The van der Waals surface area contributed by atoms with Crippen molar-refractivity contribution in [2.24, 2.45) is 0 Å². The van der Waals surface area contributed by atoms with Crippen LogP contribution in [-0.4, -0.2) is 34.5 Å². The van der Waals surface area contributed by atoms with E-state index in [1.54, 1.807) is 17.9 Å². The number of hydrogen-bond donors (Lipinski definition) is 1. The molecule has 0 saturated carbocycles. The zero-order valence-corrected chi connectivity index (χ0v) is 14.6. The number of likely N-dealkylation sites (tertiary alicyclic amines) is 1. The molecule has 6 nitrogen and oxygen atoms in total. The normalized spacial score (nSPS) is 18.2. The van der Waals surface area contributed by atoms with Gasteiger partial charge >= 0.3 is 0 Å². The van der Waals surface area contributed by atoms with Crippen LogP contribution in [0.25, 0.3) is 0 Å². The Morgan fingerprint density at radius 2 is 2.12 bits per heavy atom. The van der Waals surface area contributed by atoms with E-state index in [1.165, 1.54) is 0 Å². The van der Waals surface area contributed by atoms with Crippen molar-refractivity contribution in [1.29, 1.82) is 0 Å². The molecule has 132 valence electrons. The number of nitrogens with one attached hydrogen (secondary N) is 1. The molecule has 2 heterocycles. The zero-order chi connectivity index (χ0) is 17.8. The predicted octanol–water partition coefficient (Wildman–Crippen LogP) is 3.11. The van der Waals surface area contributed by atoms with Gasteiger partial charge in [0.2, 0.25) is 11.8 Å². The van der Waals surface area contributed by atoms with Crippen molar-refractivity contribution in [2.75, 3.05) is 11.9 Å². The molecule has 25 heavy (non-hydrogen) atoms. The van der Waals surface area contributed by atoms with E-state index in [2.05, 4.69) is 10.5 Å². The SMILES string of the molecule is Cc1cc(NC(=O)C2CCCN2C(=O)CC(C)c2ccccc2)no1. The lowest BCUT2D eigenvalue weighted by Gasteiger charge is -2.25. The maximum Gasteiger partial charge on any atom is 0.248 e. The first-order chi connectivity index (χ1) is 12.0. The standard InChI is InChI=1S/C19H23N3O3/c1-13(15-7-4-3-5-8-15)11-18(23)22-10-6-9-16(22)19(24)20-17-12-14(2)25-21-17/h3-5,7-8,12-13,16H,6,9-11H2,1-2H3,(H,20,21,24). The molecule has 1 aliphatic heterocycles. The van der Waals surface area contributed by atoms with Crippen LogP contribution in [0.5, 0.6) is 0 Å². The molecule has 1 fully saturated rings. The fourth-order valence-corrected chi connectivity index (χ4v) is 3.25. The number of aromatic nitrogens is 1. The first-order valence-corrected chi connectivity index (χ1v) is 8.63. The summed E-state index contributed by atoms with van der Waals surface area (Å²) >= 11 is 0. The van der Waals surface area contributed by atoms with Crippen molar-refractivity contribution in [3.05, 3.63) is 47.7 Å². The van der Waals surface area contributed by atoms with Gasteiger partial charge in [-0.25, -0.2) is 0 Å². The van der Waals surface area contributed by atoms with Crippen LogP contribution in [0.4, 0.5) is 5.82 Å². The highest BCUT2D eigenvalue weighted by Crippen LogP contribution is 2.25. The second-order valence-electron chi connectivity index (χ2n) is 6.57. The summed E-state index contributed by atoms with van der Waals surface area (Å²) in [7, 11) is 0. The Kier molecular flexibility index (Phi) is 5.16. The second-order valence-corrected chi connectivity index (χ2v) is 6.57. The van der Waals surface area contributed by atoms with Crippen LogP contribution in [0.3, 0.4) is 0 Å². The van der Waals surface area contributed by atoms with Crippen molar-refractivity contribution in [1.82, 2.24) is 10.1 Å². The van der Waals surface area contributed by atoms with Gasteiger partial charge < -0.3 is 14.7 Å². The van der Waals surface area contributed by atoms with Crippen LogP contribution >= 0.6 is 0 Å². The smallest absolute Gasteiger partial charge is 0.248 e. The first kappa shape index (κ1) is 17.2. The number of anilines is 1. The van der Waals surface area contributed by atoms with Crippen LogP contribution in [0.1, 0.15) is 43.4 Å². The van der Waals surface area contributed by atoms with E-state index in [0.717, 1.165) is 12.0 Å². The number of nitrogens with zero attached hydrogens (tertiary/aromatic N) is 2. The van der Waals surface area contributed by atoms with E-state index in [9.17, 15) is 9.59 Å². The van der Waals surface area contributed by atoms with Crippen LogP contribution in [0, 0.1) is 6.92 Å². The van der Waals surface area contributed by atoms with Gasteiger partial charge in [0.05, 0.1) is 0 Å². The molecule has 0 bridgehead atoms. The van der Waals surface area contributed by atoms with Gasteiger partial charge in [0, 0.05) is 19.0 Å². The number of amides is 2. The Morgan fingerprint density at radius 1 is 1.36 bits per heavy atom. The van der Waals surface area contributed by atoms with Gasteiger partial charge in [-0.1, -0.05) is 42.4 Å². The number of rotatable bonds is 5. The summed E-state index contributed by atoms with van der Waals surface area (Å²) in [4.78, 5) is 26.9. The van der Waals surface area contributed by atoms with E-state index < -0.39 is 6.04 Å². The topological polar surface area (TPSA) is 75.4 Å². The van der Waals surface area contributed by atoms with Gasteiger partial charge in [0.25, 0.3) is 0 Å². The minimum absolute atomic E-state index is 0.0188. The van der Waals surface area contributed by atoms with E-state index in [0.29, 0.717) is 31.0 Å². The van der Waals surface area contributed by atoms with Gasteiger partial charge in [0.1, 0.15) is 11.8 Å². The average molecular weight is 341 g/mol. The van der Waals surface area contributed by atoms with Crippen molar-refractivity contribution in [2.45, 2.75) is 45.1 Å². The summed E-state index contributed by atoms with van der Waals surface area (Å²) < 4.78 is 4.96. The average Bonchev–Trinajstić information content (AvgIpc) is 3.24. The minimum Gasteiger partial charge on any atom is -0.360 e. The third kappa shape index (κ3) is 4.07. The van der Waals surface area contributed by atoms with Gasteiger partial charge in [-0.2, -0.15) is 0 Å². The molecule has 0 radical (unpaired) electrons. The summed E-state index contributed by atoms with van der Waals surface area (Å²) in [6.07, 6.45) is 1.91. The Bertz CT molecular complexity index is 741. The lowest BCUT2D eigenvalue weighted by molar-refractivity contribution is -0.136. The van der Waals surface area contributed by atoms with Gasteiger partial charge in [-0.15, -0.1) is 0 Å². The number of benzene rings is 1. The van der Waals surface area contributed by atoms with Crippen LogP contribution in [0.15, 0.2) is 40.9 Å². The van der Waals surface area contributed by atoms with Crippen molar-refractivity contribution in [3.63, 3.8) is 0 Å². The minimum atomic E-state index is -0.438. The monoisotopic (exact) mass is 341 g/mol. The highest BCUT2D eigenvalue weighted by Gasteiger charge is 2.34. The Morgan fingerprint density at radius 3 is 2.80 bits per heavy atom. The summed E-state index contributed by atoms with van der Waals surface area (Å²) in [5, 5.41) is 6.51. The number of hydrogen-bond acceptors (Lipinski definition) is 4. The molecule has 0 aliphatic carbocycles. The highest BCUT2D eigenvalue weighted by atomic mass is 16.5. The number of carbonyl (C=O) groups excluding carboxylic acids is 2. The molecular formula is C19H23N3O3. The fraction of sp³-hybridized carbons (Fsp3) is 0.421. The molecule has 2 aromatic rings.